The number of rotatable bonds is 7. The van der Waals surface area contributed by atoms with Crippen LogP contribution in [0.15, 0.2) is 40.2 Å². The third-order valence-electron chi connectivity index (χ3n) is 3.22. The van der Waals surface area contributed by atoms with E-state index in [4.69, 9.17) is 0 Å². The van der Waals surface area contributed by atoms with Gasteiger partial charge in [0.1, 0.15) is 4.34 Å². The van der Waals surface area contributed by atoms with Gasteiger partial charge in [-0.2, -0.15) is 0 Å². The summed E-state index contributed by atoms with van der Waals surface area (Å²) in [5.41, 5.74) is 2.67. The summed E-state index contributed by atoms with van der Waals surface area (Å²) in [6.45, 7) is 7.66. The van der Waals surface area contributed by atoms with Crippen LogP contribution in [0.2, 0.25) is 0 Å². The van der Waals surface area contributed by atoms with Gasteiger partial charge in [0.15, 0.2) is 0 Å². The van der Waals surface area contributed by atoms with E-state index in [1.54, 1.807) is 11.3 Å². The van der Waals surface area contributed by atoms with Crippen LogP contribution in [-0.4, -0.2) is 16.8 Å². The topological polar surface area (TPSA) is 24.9 Å². The number of hydrogen-bond donors (Lipinski definition) is 1. The molecule has 1 heterocycles. The molecule has 1 aromatic heterocycles. The Hall–Kier alpha value is -0.840. The van der Waals surface area contributed by atoms with Gasteiger partial charge in [0.2, 0.25) is 0 Å². The second-order valence-electron chi connectivity index (χ2n) is 4.96. The van der Waals surface area contributed by atoms with E-state index in [2.05, 4.69) is 55.3 Å². The Bertz CT molecular complexity index is 494. The van der Waals surface area contributed by atoms with Crippen molar-refractivity contribution >= 4 is 23.1 Å². The minimum atomic E-state index is 0.365. The van der Waals surface area contributed by atoms with Gasteiger partial charge < -0.3 is 5.32 Å². The van der Waals surface area contributed by atoms with Crippen molar-refractivity contribution in [3.05, 3.63) is 47.0 Å². The SMILES string of the molecule is CCCNC(c1ccc(C)cc1)C(C)Sc1nccs1. The predicted molar refractivity (Wildman–Crippen MR) is 89.6 cm³/mol. The van der Waals surface area contributed by atoms with E-state index in [0.29, 0.717) is 11.3 Å². The van der Waals surface area contributed by atoms with Gasteiger partial charge in [-0.25, -0.2) is 4.98 Å². The number of nitrogens with one attached hydrogen (secondary N) is 1. The summed E-state index contributed by atoms with van der Waals surface area (Å²) in [6.07, 6.45) is 3.02. The van der Waals surface area contributed by atoms with E-state index in [1.165, 1.54) is 11.1 Å². The zero-order valence-electron chi connectivity index (χ0n) is 12.3. The van der Waals surface area contributed by atoms with Crippen LogP contribution in [0, 0.1) is 6.92 Å². The molecular weight excluding hydrogens is 284 g/mol. The average molecular weight is 306 g/mol. The molecule has 1 N–H and O–H groups in total. The van der Waals surface area contributed by atoms with Crippen LogP contribution in [0.3, 0.4) is 0 Å². The van der Waals surface area contributed by atoms with Crippen molar-refractivity contribution in [2.75, 3.05) is 6.54 Å². The van der Waals surface area contributed by atoms with Crippen molar-refractivity contribution in [1.82, 2.24) is 10.3 Å². The molecule has 0 fully saturated rings. The maximum Gasteiger partial charge on any atom is 0.150 e. The molecule has 2 atom stereocenters. The lowest BCUT2D eigenvalue weighted by atomic mass is 10.0. The van der Waals surface area contributed by atoms with Crippen molar-refractivity contribution in [1.29, 1.82) is 0 Å². The predicted octanol–water partition coefficient (Wildman–Crippen LogP) is 4.67. The molecule has 108 valence electrons. The van der Waals surface area contributed by atoms with Crippen molar-refractivity contribution in [2.24, 2.45) is 0 Å². The average Bonchev–Trinajstić information content (AvgIpc) is 2.94. The third kappa shape index (κ3) is 4.33. The first-order chi connectivity index (χ1) is 9.70. The van der Waals surface area contributed by atoms with E-state index < -0.39 is 0 Å². The van der Waals surface area contributed by atoms with Crippen LogP contribution in [0.4, 0.5) is 0 Å². The lowest BCUT2D eigenvalue weighted by Crippen LogP contribution is -2.29. The molecule has 2 unspecified atom stereocenters. The zero-order chi connectivity index (χ0) is 14.4. The lowest BCUT2D eigenvalue weighted by molar-refractivity contribution is 0.528. The molecule has 2 nitrogen and oxygen atoms in total. The van der Waals surface area contributed by atoms with Gasteiger partial charge in [-0.1, -0.05) is 55.4 Å². The van der Waals surface area contributed by atoms with E-state index in [0.717, 1.165) is 17.3 Å². The van der Waals surface area contributed by atoms with Gasteiger partial charge in [0.05, 0.1) is 0 Å². The van der Waals surface area contributed by atoms with Gasteiger partial charge in [-0.3, -0.25) is 0 Å². The van der Waals surface area contributed by atoms with Crippen molar-refractivity contribution in [3.63, 3.8) is 0 Å². The van der Waals surface area contributed by atoms with E-state index in [9.17, 15) is 0 Å². The number of benzene rings is 1. The second-order valence-corrected chi connectivity index (χ2v) is 7.48. The summed E-state index contributed by atoms with van der Waals surface area (Å²) in [5, 5.41) is 6.16. The zero-order valence-corrected chi connectivity index (χ0v) is 13.9. The Balaban J connectivity index is 2.11. The van der Waals surface area contributed by atoms with Gasteiger partial charge in [0, 0.05) is 22.9 Å². The van der Waals surface area contributed by atoms with Crippen LogP contribution in [0.5, 0.6) is 0 Å². The summed E-state index contributed by atoms with van der Waals surface area (Å²) in [7, 11) is 0. The molecule has 1 aromatic carbocycles. The molecule has 0 aliphatic heterocycles. The quantitative estimate of drug-likeness (QED) is 0.752. The van der Waals surface area contributed by atoms with Gasteiger partial charge in [0.25, 0.3) is 0 Å². The standard InChI is InChI=1S/C16H22N2S2/c1-4-9-17-15(14-7-5-12(2)6-8-14)13(3)20-16-18-10-11-19-16/h5-8,10-11,13,15,17H,4,9H2,1-3H3. The highest BCUT2D eigenvalue weighted by Crippen LogP contribution is 2.33. The van der Waals surface area contributed by atoms with E-state index >= 15 is 0 Å². The molecule has 2 rings (SSSR count). The Morgan fingerprint density at radius 3 is 2.65 bits per heavy atom. The number of hydrogen-bond acceptors (Lipinski definition) is 4. The van der Waals surface area contributed by atoms with Crippen molar-refractivity contribution in [2.45, 2.75) is 42.8 Å². The molecule has 2 aromatic rings. The van der Waals surface area contributed by atoms with Crippen LogP contribution >= 0.6 is 23.1 Å². The van der Waals surface area contributed by atoms with Crippen molar-refractivity contribution < 1.29 is 0 Å². The number of aromatic nitrogens is 1. The fourth-order valence-electron chi connectivity index (χ4n) is 2.12. The van der Waals surface area contributed by atoms with Crippen LogP contribution in [0.25, 0.3) is 0 Å². The summed E-state index contributed by atoms with van der Waals surface area (Å²) >= 11 is 3.57. The highest BCUT2D eigenvalue weighted by Gasteiger charge is 2.20. The Morgan fingerprint density at radius 1 is 1.30 bits per heavy atom. The summed E-state index contributed by atoms with van der Waals surface area (Å²) < 4.78 is 1.15. The van der Waals surface area contributed by atoms with Crippen LogP contribution < -0.4 is 5.32 Å². The molecule has 4 heteroatoms. The molecule has 0 amide bonds. The monoisotopic (exact) mass is 306 g/mol. The molecule has 0 saturated carbocycles. The number of thioether (sulfide) groups is 1. The Morgan fingerprint density at radius 2 is 2.05 bits per heavy atom. The van der Waals surface area contributed by atoms with Gasteiger partial charge in [-0.15, -0.1) is 11.3 Å². The van der Waals surface area contributed by atoms with E-state index in [1.807, 2.05) is 23.3 Å². The number of thiazole rings is 1. The number of nitrogens with zero attached hydrogens (tertiary/aromatic N) is 1. The normalized spacial score (nSPS) is 14.2. The van der Waals surface area contributed by atoms with Crippen LogP contribution in [0.1, 0.15) is 37.4 Å². The molecule has 0 radical (unpaired) electrons. The molecule has 0 spiro atoms. The highest BCUT2D eigenvalue weighted by atomic mass is 32.2. The first-order valence-electron chi connectivity index (χ1n) is 7.06. The molecule has 0 aliphatic carbocycles. The fraction of sp³-hybridized carbons (Fsp3) is 0.438. The largest absolute Gasteiger partial charge is 0.309 e. The van der Waals surface area contributed by atoms with Crippen LogP contribution in [-0.2, 0) is 0 Å². The molecule has 0 saturated heterocycles. The maximum atomic E-state index is 4.38. The molecule has 0 aliphatic rings. The smallest absolute Gasteiger partial charge is 0.150 e. The first-order valence-corrected chi connectivity index (χ1v) is 8.82. The second kappa shape index (κ2) is 7.81. The van der Waals surface area contributed by atoms with Gasteiger partial charge in [-0.05, 0) is 25.5 Å². The maximum absolute atomic E-state index is 4.38. The van der Waals surface area contributed by atoms with Crippen molar-refractivity contribution in [3.8, 4) is 0 Å². The minimum absolute atomic E-state index is 0.365. The minimum Gasteiger partial charge on any atom is -0.309 e. The summed E-state index contributed by atoms with van der Waals surface area (Å²) in [5.74, 6) is 0. The molecular formula is C16H22N2S2. The third-order valence-corrected chi connectivity index (χ3v) is 5.31. The Labute approximate surface area is 130 Å². The highest BCUT2D eigenvalue weighted by molar-refractivity contribution is 8.01. The summed E-state index contributed by atoms with van der Waals surface area (Å²) in [6, 6.07) is 9.22. The summed E-state index contributed by atoms with van der Waals surface area (Å²) in [4.78, 5) is 4.38. The lowest BCUT2D eigenvalue weighted by Gasteiger charge is -2.24. The Kier molecular flexibility index (Phi) is 6.07. The molecule has 20 heavy (non-hydrogen) atoms. The fourth-order valence-corrected chi connectivity index (χ4v) is 4.16. The first kappa shape index (κ1) is 15.5. The number of aryl methyl sites for hydroxylation is 1. The van der Waals surface area contributed by atoms with E-state index in [-0.39, 0.29) is 0 Å². The molecule has 0 bridgehead atoms. The van der Waals surface area contributed by atoms with Gasteiger partial charge >= 0.3 is 0 Å².